The molecule has 4 aromatic rings. The molecule has 0 unspecified atom stereocenters. The lowest BCUT2D eigenvalue weighted by Gasteiger charge is -2.12. The van der Waals surface area contributed by atoms with Gasteiger partial charge in [0.1, 0.15) is 0 Å². The maximum Gasteiger partial charge on any atom is 0.0798 e. The normalized spacial score (nSPS) is 11.0. The van der Waals surface area contributed by atoms with E-state index in [1.807, 2.05) is 6.07 Å². The highest BCUT2D eigenvalue weighted by molar-refractivity contribution is 7.17. The largest absolute Gasteiger partial charge is 0.252 e. The summed E-state index contributed by atoms with van der Waals surface area (Å²) in [6, 6.07) is 23.2. The van der Waals surface area contributed by atoms with Gasteiger partial charge in [-0.25, -0.2) is 0 Å². The van der Waals surface area contributed by atoms with Crippen molar-refractivity contribution in [2.45, 2.75) is 6.92 Å². The van der Waals surface area contributed by atoms with E-state index >= 15 is 0 Å². The molecule has 106 valence electrons. The maximum atomic E-state index is 4.93. The van der Waals surface area contributed by atoms with Crippen LogP contribution >= 0.6 is 11.3 Å². The number of fused-ring (bicyclic) bond motifs is 1. The molecule has 0 aliphatic rings. The van der Waals surface area contributed by atoms with Crippen LogP contribution in [-0.4, -0.2) is 4.98 Å². The first-order chi connectivity index (χ1) is 10.8. The molecule has 0 spiro atoms. The van der Waals surface area contributed by atoms with Crippen molar-refractivity contribution in [1.29, 1.82) is 0 Å². The van der Waals surface area contributed by atoms with Crippen molar-refractivity contribution in [3.8, 4) is 22.4 Å². The smallest absolute Gasteiger partial charge is 0.0798 e. The Bertz CT molecular complexity index is 924. The highest BCUT2D eigenvalue weighted by atomic mass is 32.1. The zero-order chi connectivity index (χ0) is 14.9. The molecule has 0 saturated heterocycles. The minimum atomic E-state index is 1.07. The summed E-state index contributed by atoms with van der Waals surface area (Å²) in [6.07, 6.45) is 0. The summed E-state index contributed by atoms with van der Waals surface area (Å²) in [4.78, 5) is 4.93. The van der Waals surface area contributed by atoms with Gasteiger partial charge in [-0.2, -0.15) is 0 Å². The fraction of sp³-hybridized carbons (Fsp3) is 0.0500. The van der Waals surface area contributed by atoms with Gasteiger partial charge in [-0.1, -0.05) is 60.7 Å². The van der Waals surface area contributed by atoms with Gasteiger partial charge in [-0.05, 0) is 23.9 Å². The van der Waals surface area contributed by atoms with Crippen LogP contribution in [0.4, 0.5) is 0 Å². The fourth-order valence-electron chi connectivity index (χ4n) is 2.86. The van der Waals surface area contributed by atoms with Crippen molar-refractivity contribution < 1.29 is 0 Å². The van der Waals surface area contributed by atoms with Crippen LogP contribution in [0.25, 0.3) is 32.5 Å². The third-order valence-electron chi connectivity index (χ3n) is 3.91. The number of aryl methyl sites for hydroxylation is 1. The van der Waals surface area contributed by atoms with Crippen LogP contribution in [0, 0.1) is 6.92 Å². The predicted octanol–water partition coefficient (Wildman–Crippen LogP) is 5.94. The minimum absolute atomic E-state index is 1.07. The van der Waals surface area contributed by atoms with Gasteiger partial charge in [0.15, 0.2) is 0 Å². The monoisotopic (exact) mass is 301 g/mol. The fourth-order valence-corrected chi connectivity index (χ4v) is 3.87. The molecule has 1 nitrogen and oxygen atoms in total. The van der Waals surface area contributed by atoms with E-state index in [-0.39, 0.29) is 0 Å². The topological polar surface area (TPSA) is 12.9 Å². The van der Waals surface area contributed by atoms with Crippen molar-refractivity contribution in [1.82, 2.24) is 4.98 Å². The first-order valence-corrected chi connectivity index (χ1v) is 8.21. The Balaban J connectivity index is 2.12. The summed E-state index contributed by atoms with van der Waals surface area (Å²) in [5.41, 5.74) is 5.79. The maximum absolute atomic E-state index is 4.93. The number of nitrogens with zero attached hydrogens (tertiary/aromatic N) is 1. The number of benzene rings is 2. The van der Waals surface area contributed by atoms with Gasteiger partial charge >= 0.3 is 0 Å². The van der Waals surface area contributed by atoms with Crippen molar-refractivity contribution in [3.05, 3.63) is 77.8 Å². The van der Waals surface area contributed by atoms with Crippen LogP contribution < -0.4 is 0 Å². The van der Waals surface area contributed by atoms with E-state index in [0.717, 1.165) is 11.4 Å². The van der Waals surface area contributed by atoms with Gasteiger partial charge in [-0.3, -0.25) is 4.98 Å². The van der Waals surface area contributed by atoms with E-state index in [4.69, 9.17) is 4.98 Å². The Morgan fingerprint density at radius 3 is 2.09 bits per heavy atom. The summed E-state index contributed by atoms with van der Waals surface area (Å²) in [7, 11) is 0. The van der Waals surface area contributed by atoms with E-state index in [2.05, 4.69) is 73.0 Å². The molecule has 0 aliphatic heterocycles. The van der Waals surface area contributed by atoms with Crippen LogP contribution in [0.1, 0.15) is 5.69 Å². The van der Waals surface area contributed by atoms with E-state index in [0.29, 0.717) is 0 Å². The standard InChI is InChI=1S/C20H15NS/c1-14-17-12-13-22-20(17)18(15-8-4-2-5-9-15)19(21-14)16-10-6-3-7-11-16/h2-13H,1H3. The van der Waals surface area contributed by atoms with Gasteiger partial charge < -0.3 is 0 Å². The number of rotatable bonds is 2. The lowest BCUT2D eigenvalue weighted by atomic mass is 9.97. The molecule has 2 aromatic heterocycles. The molecule has 0 bridgehead atoms. The first kappa shape index (κ1) is 13.2. The van der Waals surface area contributed by atoms with Crippen LogP contribution in [-0.2, 0) is 0 Å². The minimum Gasteiger partial charge on any atom is -0.252 e. The summed E-state index contributed by atoms with van der Waals surface area (Å²) >= 11 is 1.79. The average Bonchev–Trinajstić information content (AvgIpc) is 3.06. The van der Waals surface area contributed by atoms with E-state index < -0.39 is 0 Å². The molecule has 0 atom stereocenters. The molecule has 2 aromatic carbocycles. The predicted molar refractivity (Wildman–Crippen MR) is 95.2 cm³/mol. The Morgan fingerprint density at radius 1 is 0.773 bits per heavy atom. The highest BCUT2D eigenvalue weighted by Gasteiger charge is 2.16. The zero-order valence-electron chi connectivity index (χ0n) is 12.3. The Hall–Kier alpha value is -2.45. The Kier molecular flexibility index (Phi) is 3.24. The van der Waals surface area contributed by atoms with Gasteiger partial charge in [0, 0.05) is 26.9 Å². The van der Waals surface area contributed by atoms with Crippen molar-refractivity contribution in [2.24, 2.45) is 0 Å². The summed E-state index contributed by atoms with van der Waals surface area (Å²) in [5, 5.41) is 3.41. The van der Waals surface area contributed by atoms with Crippen molar-refractivity contribution in [3.63, 3.8) is 0 Å². The number of hydrogen-bond donors (Lipinski definition) is 0. The van der Waals surface area contributed by atoms with Gasteiger partial charge in [-0.15, -0.1) is 11.3 Å². The van der Waals surface area contributed by atoms with Crippen molar-refractivity contribution >= 4 is 21.4 Å². The first-order valence-electron chi connectivity index (χ1n) is 7.33. The van der Waals surface area contributed by atoms with Crippen LogP contribution in [0.2, 0.25) is 0 Å². The quantitative estimate of drug-likeness (QED) is 0.446. The van der Waals surface area contributed by atoms with E-state index in [9.17, 15) is 0 Å². The zero-order valence-corrected chi connectivity index (χ0v) is 13.1. The number of thiophene rings is 1. The number of hydrogen-bond acceptors (Lipinski definition) is 2. The molecule has 2 heteroatoms. The lowest BCUT2D eigenvalue weighted by Crippen LogP contribution is -1.93. The number of aromatic nitrogens is 1. The molecular weight excluding hydrogens is 286 g/mol. The van der Waals surface area contributed by atoms with E-state index in [1.54, 1.807) is 11.3 Å². The summed E-state index contributed by atoms with van der Waals surface area (Å²) in [6.45, 7) is 2.09. The second-order valence-electron chi connectivity index (χ2n) is 5.32. The Labute approximate surface area is 133 Å². The molecule has 0 aliphatic carbocycles. The van der Waals surface area contributed by atoms with Crippen LogP contribution in [0.15, 0.2) is 72.1 Å². The van der Waals surface area contributed by atoms with Gasteiger partial charge in [0.2, 0.25) is 0 Å². The van der Waals surface area contributed by atoms with Gasteiger partial charge in [0.05, 0.1) is 5.69 Å². The summed E-state index contributed by atoms with van der Waals surface area (Å²) < 4.78 is 1.32. The molecule has 22 heavy (non-hydrogen) atoms. The number of pyridine rings is 1. The third kappa shape index (κ3) is 2.13. The van der Waals surface area contributed by atoms with E-state index in [1.165, 1.54) is 26.8 Å². The van der Waals surface area contributed by atoms with Crippen molar-refractivity contribution in [2.75, 3.05) is 0 Å². The molecule has 4 rings (SSSR count). The Morgan fingerprint density at radius 2 is 1.41 bits per heavy atom. The molecule has 2 heterocycles. The molecular formula is C20H15NS. The molecule has 0 fully saturated rings. The SMILES string of the molecule is Cc1nc(-c2ccccc2)c(-c2ccccc2)c2sccc12. The molecule has 0 amide bonds. The van der Waals surface area contributed by atoms with Gasteiger partial charge in [0.25, 0.3) is 0 Å². The molecule has 0 radical (unpaired) electrons. The van der Waals surface area contributed by atoms with Crippen LogP contribution in [0.5, 0.6) is 0 Å². The molecule has 0 N–H and O–H groups in total. The second kappa shape index (κ2) is 5.39. The average molecular weight is 301 g/mol. The van der Waals surface area contributed by atoms with Crippen LogP contribution in [0.3, 0.4) is 0 Å². The third-order valence-corrected chi connectivity index (χ3v) is 4.84. The lowest BCUT2D eigenvalue weighted by molar-refractivity contribution is 1.24. The summed E-state index contributed by atoms with van der Waals surface area (Å²) in [5.74, 6) is 0. The second-order valence-corrected chi connectivity index (χ2v) is 6.23. The molecule has 0 saturated carbocycles. The highest BCUT2D eigenvalue weighted by Crippen LogP contribution is 2.40.